The van der Waals surface area contributed by atoms with E-state index in [1.54, 1.807) is 6.20 Å². The summed E-state index contributed by atoms with van der Waals surface area (Å²) in [5.41, 5.74) is 1.62. The normalized spacial score (nSPS) is 9.87. The molecular formula is C12H10N2O. The number of rotatable bonds is 2. The Hall–Kier alpha value is -2.16. The van der Waals surface area contributed by atoms with E-state index < -0.39 is 0 Å². The van der Waals surface area contributed by atoms with Gasteiger partial charge in [0.15, 0.2) is 0 Å². The van der Waals surface area contributed by atoms with Crippen molar-refractivity contribution < 1.29 is 4.79 Å². The van der Waals surface area contributed by atoms with E-state index in [-0.39, 0.29) is 5.91 Å². The quantitative estimate of drug-likeness (QED) is 0.752. The number of nitrogens with one attached hydrogen (secondary N) is 1. The van der Waals surface area contributed by atoms with E-state index >= 15 is 0 Å². The monoisotopic (exact) mass is 198 g/mol. The molecule has 0 atom stereocenters. The fourth-order valence-electron chi connectivity index (χ4n) is 1.40. The van der Waals surface area contributed by atoms with Crippen LogP contribution in [0.5, 0.6) is 0 Å². The lowest BCUT2D eigenvalue weighted by atomic mass is 10.2. The molecular weight excluding hydrogens is 188 g/mol. The first-order valence-electron chi connectivity index (χ1n) is 4.58. The molecule has 1 heterocycles. The van der Waals surface area contributed by atoms with Crippen LogP contribution in [0, 0.1) is 0 Å². The van der Waals surface area contributed by atoms with Crippen LogP contribution in [0.3, 0.4) is 0 Å². The highest BCUT2D eigenvalue weighted by molar-refractivity contribution is 6.05. The second-order valence-corrected chi connectivity index (χ2v) is 3.07. The van der Waals surface area contributed by atoms with Crippen LogP contribution < -0.4 is 5.32 Å². The molecule has 0 radical (unpaired) electrons. The molecule has 3 heteroatoms. The van der Waals surface area contributed by atoms with Gasteiger partial charge in [0.25, 0.3) is 0 Å². The molecule has 0 aliphatic heterocycles. The highest BCUT2D eigenvalue weighted by Gasteiger charge is 2.02. The van der Waals surface area contributed by atoms with Crippen LogP contribution in [-0.4, -0.2) is 10.9 Å². The first kappa shape index (κ1) is 9.40. The van der Waals surface area contributed by atoms with Gasteiger partial charge >= 0.3 is 0 Å². The fraction of sp³-hybridized carbons (Fsp3) is 0. The van der Waals surface area contributed by atoms with Gasteiger partial charge in [-0.25, -0.2) is 0 Å². The van der Waals surface area contributed by atoms with E-state index in [1.165, 1.54) is 6.08 Å². The van der Waals surface area contributed by atoms with Gasteiger partial charge in [0.05, 0.1) is 11.2 Å². The number of nitrogens with zero attached hydrogens (tertiary/aromatic N) is 1. The predicted molar refractivity (Wildman–Crippen MR) is 60.6 cm³/mol. The molecule has 0 saturated heterocycles. The van der Waals surface area contributed by atoms with Gasteiger partial charge in [0, 0.05) is 11.6 Å². The largest absolute Gasteiger partial charge is 0.322 e. The van der Waals surface area contributed by atoms with Crippen LogP contribution in [0.25, 0.3) is 10.9 Å². The Bertz CT molecular complexity index is 515. The molecule has 74 valence electrons. The molecule has 2 aromatic rings. The second kappa shape index (κ2) is 3.92. The minimum Gasteiger partial charge on any atom is -0.322 e. The zero-order valence-electron chi connectivity index (χ0n) is 8.10. The van der Waals surface area contributed by atoms with Crippen LogP contribution >= 0.6 is 0 Å². The Morgan fingerprint density at radius 3 is 3.00 bits per heavy atom. The Balaban J connectivity index is 2.51. The Morgan fingerprint density at radius 2 is 2.20 bits per heavy atom. The molecule has 1 aromatic carbocycles. The number of amides is 1. The van der Waals surface area contributed by atoms with Crippen LogP contribution in [0.15, 0.2) is 49.2 Å². The van der Waals surface area contributed by atoms with Crippen molar-refractivity contribution >= 4 is 22.5 Å². The summed E-state index contributed by atoms with van der Waals surface area (Å²) in [7, 11) is 0. The number of carbonyl (C=O) groups excluding carboxylic acids is 1. The standard InChI is InChI=1S/C12H10N2O/c1-2-12(15)14-11-7-3-6-10-9(11)5-4-8-13-10/h2-8H,1H2,(H,14,15). The zero-order chi connectivity index (χ0) is 10.7. The Morgan fingerprint density at radius 1 is 1.33 bits per heavy atom. The summed E-state index contributed by atoms with van der Waals surface area (Å²) >= 11 is 0. The van der Waals surface area contributed by atoms with E-state index in [0.29, 0.717) is 0 Å². The Kier molecular flexibility index (Phi) is 2.46. The summed E-state index contributed by atoms with van der Waals surface area (Å²) < 4.78 is 0. The third-order valence-corrected chi connectivity index (χ3v) is 2.09. The summed E-state index contributed by atoms with van der Waals surface area (Å²) in [5.74, 6) is -0.216. The third kappa shape index (κ3) is 1.86. The van der Waals surface area contributed by atoms with Gasteiger partial charge in [-0.15, -0.1) is 0 Å². The molecule has 0 fully saturated rings. The molecule has 0 saturated carbocycles. The van der Waals surface area contributed by atoms with Crippen molar-refractivity contribution in [1.29, 1.82) is 0 Å². The van der Waals surface area contributed by atoms with Crippen LogP contribution in [-0.2, 0) is 4.79 Å². The molecule has 0 aliphatic carbocycles. The smallest absolute Gasteiger partial charge is 0.247 e. The van der Waals surface area contributed by atoms with Crippen LogP contribution in [0.1, 0.15) is 0 Å². The number of pyridine rings is 1. The lowest BCUT2D eigenvalue weighted by Crippen LogP contribution is -2.07. The predicted octanol–water partition coefficient (Wildman–Crippen LogP) is 2.36. The van der Waals surface area contributed by atoms with Gasteiger partial charge in [-0.3, -0.25) is 9.78 Å². The van der Waals surface area contributed by atoms with Crippen molar-refractivity contribution in [3.63, 3.8) is 0 Å². The maximum Gasteiger partial charge on any atom is 0.247 e. The number of fused-ring (bicyclic) bond motifs is 1. The molecule has 2 rings (SSSR count). The van der Waals surface area contributed by atoms with Gasteiger partial charge in [-0.2, -0.15) is 0 Å². The maximum atomic E-state index is 11.2. The highest BCUT2D eigenvalue weighted by Crippen LogP contribution is 2.20. The minimum absolute atomic E-state index is 0.216. The van der Waals surface area contributed by atoms with Crippen molar-refractivity contribution in [3.8, 4) is 0 Å². The summed E-state index contributed by atoms with van der Waals surface area (Å²) in [6.45, 7) is 3.41. The first-order valence-corrected chi connectivity index (χ1v) is 4.58. The number of benzene rings is 1. The Labute approximate surface area is 87.4 Å². The van der Waals surface area contributed by atoms with Crippen molar-refractivity contribution in [2.24, 2.45) is 0 Å². The van der Waals surface area contributed by atoms with E-state index in [2.05, 4.69) is 16.9 Å². The molecule has 0 spiro atoms. The minimum atomic E-state index is -0.216. The number of hydrogen-bond acceptors (Lipinski definition) is 2. The fourth-order valence-corrected chi connectivity index (χ4v) is 1.40. The van der Waals surface area contributed by atoms with Crippen molar-refractivity contribution in [2.75, 3.05) is 5.32 Å². The van der Waals surface area contributed by atoms with Gasteiger partial charge < -0.3 is 5.32 Å². The second-order valence-electron chi connectivity index (χ2n) is 3.07. The lowest BCUT2D eigenvalue weighted by Gasteiger charge is -2.05. The number of anilines is 1. The van der Waals surface area contributed by atoms with E-state index in [4.69, 9.17) is 0 Å². The molecule has 1 aromatic heterocycles. The number of carbonyl (C=O) groups is 1. The number of aromatic nitrogens is 1. The average Bonchev–Trinajstić information content (AvgIpc) is 2.29. The van der Waals surface area contributed by atoms with E-state index in [1.807, 2.05) is 30.3 Å². The first-order chi connectivity index (χ1) is 7.31. The molecule has 1 amide bonds. The highest BCUT2D eigenvalue weighted by atomic mass is 16.1. The number of hydrogen-bond donors (Lipinski definition) is 1. The summed E-state index contributed by atoms with van der Waals surface area (Å²) in [4.78, 5) is 15.4. The molecule has 3 nitrogen and oxygen atoms in total. The molecule has 1 N–H and O–H groups in total. The zero-order valence-corrected chi connectivity index (χ0v) is 8.10. The summed E-state index contributed by atoms with van der Waals surface area (Å²) in [6.07, 6.45) is 2.97. The van der Waals surface area contributed by atoms with Crippen LogP contribution in [0.2, 0.25) is 0 Å². The van der Waals surface area contributed by atoms with Crippen molar-refractivity contribution in [3.05, 3.63) is 49.2 Å². The third-order valence-electron chi connectivity index (χ3n) is 2.09. The lowest BCUT2D eigenvalue weighted by molar-refractivity contribution is -0.111. The molecule has 0 unspecified atom stereocenters. The molecule has 0 bridgehead atoms. The molecule has 15 heavy (non-hydrogen) atoms. The van der Waals surface area contributed by atoms with Gasteiger partial charge in [-0.05, 0) is 30.3 Å². The topological polar surface area (TPSA) is 42.0 Å². The summed E-state index contributed by atoms with van der Waals surface area (Å²) in [6, 6.07) is 9.35. The SMILES string of the molecule is C=CC(=O)Nc1cccc2ncccc12. The van der Waals surface area contributed by atoms with E-state index in [9.17, 15) is 4.79 Å². The van der Waals surface area contributed by atoms with Crippen molar-refractivity contribution in [1.82, 2.24) is 4.98 Å². The average molecular weight is 198 g/mol. The molecule has 0 aliphatic rings. The maximum absolute atomic E-state index is 11.2. The van der Waals surface area contributed by atoms with Crippen LogP contribution in [0.4, 0.5) is 5.69 Å². The van der Waals surface area contributed by atoms with Crippen molar-refractivity contribution in [2.45, 2.75) is 0 Å². The van der Waals surface area contributed by atoms with E-state index in [0.717, 1.165) is 16.6 Å². The van der Waals surface area contributed by atoms with Gasteiger partial charge in [0.2, 0.25) is 5.91 Å². The van der Waals surface area contributed by atoms with Gasteiger partial charge in [-0.1, -0.05) is 12.6 Å². The van der Waals surface area contributed by atoms with Gasteiger partial charge in [0.1, 0.15) is 0 Å². The summed E-state index contributed by atoms with van der Waals surface area (Å²) in [5, 5.41) is 3.66.